The highest BCUT2D eigenvalue weighted by Gasteiger charge is 2.24. The largest absolute Gasteiger partial charge is 0.351 e. The predicted octanol–water partition coefficient (Wildman–Crippen LogP) is 3.02. The van der Waals surface area contributed by atoms with E-state index in [0.29, 0.717) is 16.4 Å². The highest BCUT2D eigenvalue weighted by molar-refractivity contribution is 7.22. The average Bonchev–Trinajstić information content (AvgIpc) is 3.20. The summed E-state index contributed by atoms with van der Waals surface area (Å²) in [6.45, 7) is 1.28. The Morgan fingerprint density at radius 1 is 1.29 bits per heavy atom. The number of rotatable bonds is 6. The smallest absolute Gasteiger partial charge is 0.298 e. The van der Waals surface area contributed by atoms with Crippen LogP contribution in [0.5, 0.6) is 0 Å². The predicted molar refractivity (Wildman–Crippen MR) is 90.9 cm³/mol. The molecule has 2 aromatic heterocycles. The van der Waals surface area contributed by atoms with E-state index in [1.807, 2.05) is 19.0 Å². The van der Waals surface area contributed by atoms with E-state index in [-0.39, 0.29) is 17.2 Å². The molecule has 0 N–H and O–H groups in total. The molecule has 0 aliphatic carbocycles. The first-order chi connectivity index (χ1) is 11.6. The quantitative estimate of drug-likeness (QED) is 0.685. The maximum Gasteiger partial charge on any atom is 0.298 e. The zero-order chi connectivity index (χ0) is 17.1. The molecule has 0 unspecified atom stereocenters. The van der Waals surface area contributed by atoms with Gasteiger partial charge in [-0.25, -0.2) is 9.37 Å². The number of aromatic nitrogens is 2. The van der Waals surface area contributed by atoms with Gasteiger partial charge < -0.3 is 9.42 Å². The number of benzene rings is 1. The van der Waals surface area contributed by atoms with Crippen molar-refractivity contribution in [2.75, 3.05) is 32.1 Å². The maximum absolute atomic E-state index is 13.9. The van der Waals surface area contributed by atoms with Crippen molar-refractivity contribution in [1.82, 2.24) is 15.0 Å². The second kappa shape index (κ2) is 7.06. The summed E-state index contributed by atoms with van der Waals surface area (Å²) in [5.41, 5.74) is 0.278. The fourth-order valence-electron chi connectivity index (χ4n) is 2.31. The lowest BCUT2D eigenvalue weighted by atomic mass is 10.3. The SMILES string of the molecule is CN(C)CCCN(C(=O)c1ccno1)c1nc2c(F)cccc2s1. The number of amides is 1. The van der Waals surface area contributed by atoms with Crippen molar-refractivity contribution in [3.63, 3.8) is 0 Å². The number of carbonyl (C=O) groups excluding carboxylic acids is 1. The van der Waals surface area contributed by atoms with E-state index >= 15 is 0 Å². The van der Waals surface area contributed by atoms with Gasteiger partial charge in [0.25, 0.3) is 5.91 Å². The molecule has 0 saturated heterocycles. The van der Waals surface area contributed by atoms with Gasteiger partial charge in [0.15, 0.2) is 5.13 Å². The maximum atomic E-state index is 13.9. The molecular weight excluding hydrogens is 331 g/mol. The van der Waals surface area contributed by atoms with Crippen LogP contribution >= 0.6 is 11.3 Å². The van der Waals surface area contributed by atoms with Crippen LogP contribution in [0.1, 0.15) is 17.0 Å². The molecule has 1 amide bonds. The first-order valence-electron chi connectivity index (χ1n) is 7.48. The summed E-state index contributed by atoms with van der Waals surface area (Å²) in [6, 6.07) is 6.29. The minimum Gasteiger partial charge on any atom is -0.351 e. The van der Waals surface area contributed by atoms with Gasteiger partial charge in [0.2, 0.25) is 5.76 Å². The lowest BCUT2D eigenvalue weighted by molar-refractivity contribution is 0.0950. The van der Waals surface area contributed by atoms with Gasteiger partial charge in [0.05, 0.1) is 10.9 Å². The van der Waals surface area contributed by atoms with E-state index in [2.05, 4.69) is 10.1 Å². The molecule has 0 atom stereocenters. The zero-order valence-corrected chi connectivity index (χ0v) is 14.2. The summed E-state index contributed by atoms with van der Waals surface area (Å²) in [5.74, 6) is -0.583. The number of anilines is 1. The first kappa shape index (κ1) is 16.5. The molecule has 3 aromatic rings. The summed E-state index contributed by atoms with van der Waals surface area (Å²) in [7, 11) is 3.94. The lowest BCUT2D eigenvalue weighted by Crippen LogP contribution is -2.33. The van der Waals surface area contributed by atoms with Crippen LogP contribution in [0.2, 0.25) is 0 Å². The second-order valence-corrected chi connectivity index (χ2v) is 6.58. The third-order valence-electron chi connectivity index (χ3n) is 3.47. The number of halogens is 1. The molecule has 0 radical (unpaired) electrons. The van der Waals surface area contributed by atoms with Crippen molar-refractivity contribution in [3.05, 3.63) is 42.0 Å². The fourth-order valence-corrected chi connectivity index (χ4v) is 3.31. The Balaban J connectivity index is 1.92. The van der Waals surface area contributed by atoms with E-state index in [1.165, 1.54) is 34.6 Å². The Bertz CT molecular complexity index is 832. The number of carbonyl (C=O) groups is 1. The summed E-state index contributed by atoms with van der Waals surface area (Å²) < 4.78 is 19.6. The molecule has 0 saturated carbocycles. The first-order valence-corrected chi connectivity index (χ1v) is 8.30. The molecule has 24 heavy (non-hydrogen) atoms. The van der Waals surface area contributed by atoms with Crippen molar-refractivity contribution in [2.24, 2.45) is 0 Å². The number of fused-ring (bicyclic) bond motifs is 1. The van der Waals surface area contributed by atoms with Crippen LogP contribution in [-0.4, -0.2) is 48.1 Å². The fraction of sp³-hybridized carbons (Fsp3) is 0.312. The highest BCUT2D eigenvalue weighted by atomic mass is 32.1. The third kappa shape index (κ3) is 3.44. The van der Waals surface area contributed by atoms with Crippen LogP contribution in [0.25, 0.3) is 10.2 Å². The number of hydrogen-bond donors (Lipinski definition) is 0. The number of thiazole rings is 1. The van der Waals surface area contributed by atoms with E-state index < -0.39 is 5.82 Å². The van der Waals surface area contributed by atoms with E-state index in [0.717, 1.165) is 13.0 Å². The van der Waals surface area contributed by atoms with Gasteiger partial charge in [-0.1, -0.05) is 22.6 Å². The minimum atomic E-state index is -0.393. The van der Waals surface area contributed by atoms with Gasteiger partial charge in [-0.3, -0.25) is 9.69 Å². The average molecular weight is 348 g/mol. The summed E-state index contributed by atoms with van der Waals surface area (Å²) in [5, 5.41) is 4.03. The molecule has 3 rings (SSSR count). The van der Waals surface area contributed by atoms with Gasteiger partial charge >= 0.3 is 0 Å². The molecule has 126 valence electrons. The van der Waals surface area contributed by atoms with Crippen LogP contribution in [0.3, 0.4) is 0 Å². The Morgan fingerprint density at radius 2 is 2.12 bits per heavy atom. The Hall–Kier alpha value is -2.32. The van der Waals surface area contributed by atoms with Crippen molar-refractivity contribution in [1.29, 1.82) is 0 Å². The van der Waals surface area contributed by atoms with E-state index in [4.69, 9.17) is 4.52 Å². The molecule has 0 fully saturated rings. The second-order valence-electron chi connectivity index (χ2n) is 5.57. The van der Waals surface area contributed by atoms with Gasteiger partial charge in [0.1, 0.15) is 11.3 Å². The number of hydrogen-bond acceptors (Lipinski definition) is 6. The van der Waals surface area contributed by atoms with Crippen molar-refractivity contribution in [3.8, 4) is 0 Å². The minimum absolute atomic E-state index is 0.139. The number of para-hydroxylation sites is 1. The monoisotopic (exact) mass is 348 g/mol. The van der Waals surface area contributed by atoms with Gasteiger partial charge in [-0.15, -0.1) is 0 Å². The summed E-state index contributed by atoms with van der Waals surface area (Å²) in [6.07, 6.45) is 2.18. The Morgan fingerprint density at radius 3 is 2.79 bits per heavy atom. The molecule has 6 nitrogen and oxygen atoms in total. The summed E-state index contributed by atoms with van der Waals surface area (Å²) >= 11 is 1.28. The molecule has 0 spiro atoms. The van der Waals surface area contributed by atoms with Crippen LogP contribution in [-0.2, 0) is 0 Å². The van der Waals surface area contributed by atoms with Crippen molar-refractivity contribution in [2.45, 2.75) is 6.42 Å². The van der Waals surface area contributed by atoms with Crippen LogP contribution in [0.15, 0.2) is 35.0 Å². The van der Waals surface area contributed by atoms with Crippen molar-refractivity contribution >= 4 is 32.6 Å². The Kier molecular flexibility index (Phi) is 4.86. The summed E-state index contributed by atoms with van der Waals surface area (Å²) in [4.78, 5) is 20.6. The molecule has 8 heteroatoms. The molecule has 0 aliphatic heterocycles. The van der Waals surface area contributed by atoms with E-state index in [9.17, 15) is 9.18 Å². The molecule has 2 heterocycles. The number of nitrogens with zero attached hydrogens (tertiary/aromatic N) is 4. The van der Waals surface area contributed by atoms with Gasteiger partial charge in [-0.05, 0) is 39.2 Å². The lowest BCUT2D eigenvalue weighted by Gasteiger charge is -2.19. The molecular formula is C16H17FN4O2S. The van der Waals surface area contributed by atoms with Gasteiger partial charge in [-0.2, -0.15) is 0 Å². The molecule has 1 aromatic carbocycles. The van der Waals surface area contributed by atoms with Crippen molar-refractivity contribution < 1.29 is 13.7 Å². The topological polar surface area (TPSA) is 62.5 Å². The highest BCUT2D eigenvalue weighted by Crippen LogP contribution is 2.31. The van der Waals surface area contributed by atoms with Crippen LogP contribution in [0, 0.1) is 5.82 Å². The van der Waals surface area contributed by atoms with E-state index in [1.54, 1.807) is 12.1 Å². The normalized spacial score (nSPS) is 11.3. The Labute approximate surface area is 142 Å². The molecule has 0 bridgehead atoms. The van der Waals surface area contributed by atoms with Gasteiger partial charge in [0, 0.05) is 12.6 Å². The van der Waals surface area contributed by atoms with Crippen LogP contribution < -0.4 is 4.90 Å². The zero-order valence-electron chi connectivity index (χ0n) is 13.4. The standard InChI is InChI=1S/C16H17FN4O2S/c1-20(2)9-4-10-21(15(22)12-7-8-18-23-12)16-19-14-11(17)5-3-6-13(14)24-16/h3,5-8H,4,9-10H2,1-2H3. The van der Waals surface area contributed by atoms with Crippen LogP contribution in [0.4, 0.5) is 9.52 Å². The molecule has 0 aliphatic rings. The third-order valence-corrected chi connectivity index (χ3v) is 4.51.